The zero-order valence-electron chi connectivity index (χ0n) is 14.5. The molecule has 136 valence electrons. The second-order valence-corrected chi connectivity index (χ2v) is 5.79. The van der Waals surface area contributed by atoms with Crippen LogP contribution in [0.25, 0.3) is 16.5 Å². The molecule has 0 bridgehead atoms. The fraction of sp³-hybridized carbons (Fsp3) is 0.211. The first-order valence-corrected chi connectivity index (χ1v) is 8.39. The van der Waals surface area contributed by atoms with Gasteiger partial charge in [0.1, 0.15) is 5.82 Å². The normalized spacial score (nSPS) is 14.0. The highest BCUT2D eigenvalue weighted by Crippen LogP contribution is 2.14. The lowest BCUT2D eigenvalue weighted by Crippen LogP contribution is -2.36. The van der Waals surface area contributed by atoms with Gasteiger partial charge in [0.15, 0.2) is 5.78 Å². The lowest BCUT2D eigenvalue weighted by atomic mass is 10.1. The summed E-state index contributed by atoms with van der Waals surface area (Å²) in [6, 6.07) is 11.6. The van der Waals surface area contributed by atoms with Crippen molar-refractivity contribution < 1.29 is 14.3 Å². The van der Waals surface area contributed by atoms with Gasteiger partial charge >= 0.3 is 0 Å². The fourth-order valence-electron chi connectivity index (χ4n) is 2.63. The molecule has 27 heavy (non-hydrogen) atoms. The third-order valence-electron chi connectivity index (χ3n) is 4.05. The first-order valence-electron chi connectivity index (χ1n) is 8.39. The van der Waals surface area contributed by atoms with Crippen LogP contribution in [0.5, 0.6) is 0 Å². The maximum atomic E-state index is 12.3. The van der Waals surface area contributed by atoms with Crippen LogP contribution in [0.1, 0.15) is 26.4 Å². The molecule has 0 spiro atoms. The highest BCUT2D eigenvalue weighted by Gasteiger charge is 2.12. The Kier molecular flexibility index (Phi) is 5.94. The van der Waals surface area contributed by atoms with Gasteiger partial charge in [-0.2, -0.15) is 0 Å². The summed E-state index contributed by atoms with van der Waals surface area (Å²) in [4.78, 5) is 32.9. The number of ether oxygens (including phenoxy) is 1. The number of hydrogen-bond acceptors (Lipinski definition) is 5. The van der Waals surface area contributed by atoms with Crippen molar-refractivity contribution in [3.63, 3.8) is 0 Å². The largest absolute Gasteiger partial charge is 0.378 e. The number of pyridine rings is 1. The van der Waals surface area contributed by atoms with Gasteiger partial charge in [0.05, 0.1) is 18.9 Å². The zero-order valence-corrected chi connectivity index (χ0v) is 14.5. The van der Waals surface area contributed by atoms with Gasteiger partial charge in [-0.25, -0.2) is 4.98 Å². The van der Waals surface area contributed by atoms with Crippen LogP contribution in [0.15, 0.2) is 53.7 Å². The predicted octanol–water partition coefficient (Wildman–Crippen LogP) is 3.26. The lowest BCUT2D eigenvalue weighted by Gasteiger charge is -2.27. The number of benzene rings is 1. The molecule has 0 atom stereocenters. The highest BCUT2D eigenvalue weighted by atomic mass is 16.5. The molecule has 1 aliphatic rings. The van der Waals surface area contributed by atoms with Gasteiger partial charge in [-0.05, 0) is 34.9 Å². The smallest absolute Gasteiger partial charge is 0.249 e. The Hall–Kier alpha value is -3.48. The standard InChI is InChI=1S/C19H17N5O3/c20-23-22-19(26)15-6-4-14(5-7-15)17(25)9-8-16-2-1-3-18(21-16)24-10-12-27-13-11-24/h1-9H,10-13H2. The van der Waals surface area contributed by atoms with E-state index in [2.05, 4.69) is 19.9 Å². The molecule has 2 heterocycles. The lowest BCUT2D eigenvalue weighted by molar-refractivity contribution is 0.0997. The molecule has 1 aliphatic heterocycles. The molecule has 1 amide bonds. The minimum Gasteiger partial charge on any atom is -0.378 e. The van der Waals surface area contributed by atoms with E-state index >= 15 is 0 Å². The number of nitrogens with zero attached hydrogens (tertiary/aromatic N) is 5. The minimum absolute atomic E-state index is 0.212. The number of azide groups is 1. The molecule has 3 rings (SSSR count). The molecule has 2 aromatic rings. The Morgan fingerprint density at radius 3 is 2.52 bits per heavy atom. The Morgan fingerprint density at radius 2 is 1.81 bits per heavy atom. The number of ketones is 1. The number of allylic oxidation sites excluding steroid dienone is 1. The first kappa shape index (κ1) is 18.3. The Morgan fingerprint density at radius 1 is 1.11 bits per heavy atom. The van der Waals surface area contributed by atoms with Crippen molar-refractivity contribution in [2.24, 2.45) is 5.11 Å². The van der Waals surface area contributed by atoms with Gasteiger partial charge in [0.25, 0.3) is 0 Å². The second-order valence-electron chi connectivity index (χ2n) is 5.79. The topological polar surface area (TPSA) is 108 Å². The van der Waals surface area contributed by atoms with E-state index in [1.807, 2.05) is 18.2 Å². The number of aromatic nitrogens is 1. The van der Waals surface area contributed by atoms with Crippen molar-refractivity contribution in [1.82, 2.24) is 4.98 Å². The van der Waals surface area contributed by atoms with E-state index in [9.17, 15) is 9.59 Å². The van der Waals surface area contributed by atoms with E-state index < -0.39 is 5.91 Å². The summed E-state index contributed by atoms with van der Waals surface area (Å²) in [5, 5.41) is 3.01. The van der Waals surface area contributed by atoms with Crippen LogP contribution in [-0.2, 0) is 4.74 Å². The third kappa shape index (κ3) is 4.78. The third-order valence-corrected chi connectivity index (χ3v) is 4.05. The number of anilines is 1. The van der Waals surface area contributed by atoms with Crippen molar-refractivity contribution in [2.45, 2.75) is 0 Å². The summed E-state index contributed by atoms with van der Waals surface area (Å²) in [7, 11) is 0. The van der Waals surface area contributed by atoms with Gasteiger partial charge in [-0.15, -0.1) is 0 Å². The molecule has 0 N–H and O–H groups in total. The number of hydrogen-bond donors (Lipinski definition) is 0. The van der Waals surface area contributed by atoms with E-state index in [0.29, 0.717) is 24.5 Å². The number of carbonyl (C=O) groups is 2. The average molecular weight is 363 g/mol. The van der Waals surface area contributed by atoms with Crippen LogP contribution in [0.4, 0.5) is 5.82 Å². The monoisotopic (exact) mass is 363 g/mol. The molecule has 8 heteroatoms. The van der Waals surface area contributed by atoms with Crippen molar-refractivity contribution in [3.8, 4) is 0 Å². The van der Waals surface area contributed by atoms with E-state index in [1.54, 1.807) is 6.08 Å². The summed E-state index contributed by atoms with van der Waals surface area (Å²) in [5.41, 5.74) is 9.62. The van der Waals surface area contributed by atoms with Crippen LogP contribution in [0, 0.1) is 0 Å². The summed E-state index contributed by atoms with van der Waals surface area (Å²) in [6.07, 6.45) is 3.10. The SMILES string of the molecule is [N-]=[N+]=NC(=O)c1ccc(C(=O)C=Cc2cccc(N3CCOCC3)n2)cc1. The van der Waals surface area contributed by atoms with Gasteiger partial charge in [0, 0.05) is 29.1 Å². The molecule has 1 saturated heterocycles. The van der Waals surface area contributed by atoms with Gasteiger partial charge in [-0.1, -0.05) is 30.3 Å². The van der Waals surface area contributed by atoms with Crippen LogP contribution < -0.4 is 4.90 Å². The van der Waals surface area contributed by atoms with Crippen molar-refractivity contribution in [1.29, 1.82) is 0 Å². The second kappa shape index (κ2) is 8.75. The van der Waals surface area contributed by atoms with Crippen LogP contribution in [0.3, 0.4) is 0 Å². The molecular formula is C19H17N5O3. The van der Waals surface area contributed by atoms with Crippen molar-refractivity contribution in [2.75, 3.05) is 31.2 Å². The Balaban J connectivity index is 1.69. The van der Waals surface area contributed by atoms with Gasteiger partial charge in [-0.3, -0.25) is 9.59 Å². The maximum Gasteiger partial charge on any atom is 0.249 e. The van der Waals surface area contributed by atoms with E-state index in [1.165, 1.54) is 30.3 Å². The fourth-order valence-corrected chi connectivity index (χ4v) is 2.63. The van der Waals surface area contributed by atoms with Crippen LogP contribution in [-0.4, -0.2) is 43.0 Å². The van der Waals surface area contributed by atoms with E-state index in [0.717, 1.165) is 18.9 Å². The number of carbonyl (C=O) groups excluding carboxylic acids is 2. The number of rotatable bonds is 5. The van der Waals surface area contributed by atoms with Gasteiger partial charge < -0.3 is 9.64 Å². The highest BCUT2D eigenvalue weighted by molar-refractivity contribution is 6.07. The first-order chi connectivity index (χ1) is 13.2. The van der Waals surface area contributed by atoms with Crippen LogP contribution in [0.2, 0.25) is 0 Å². The summed E-state index contributed by atoms with van der Waals surface area (Å²) in [5.74, 6) is -0.0404. The minimum atomic E-state index is -0.684. The maximum absolute atomic E-state index is 12.3. The quantitative estimate of drug-likeness (QED) is 0.266. The summed E-state index contributed by atoms with van der Waals surface area (Å²) < 4.78 is 5.34. The molecule has 1 fully saturated rings. The predicted molar refractivity (Wildman–Crippen MR) is 101 cm³/mol. The molecule has 0 unspecified atom stereocenters. The van der Waals surface area contributed by atoms with E-state index in [4.69, 9.17) is 10.3 Å². The molecule has 1 aromatic carbocycles. The number of amides is 1. The van der Waals surface area contributed by atoms with Gasteiger partial charge in [0.2, 0.25) is 5.91 Å². The summed E-state index contributed by atoms with van der Waals surface area (Å²) >= 11 is 0. The average Bonchev–Trinajstić information content (AvgIpc) is 2.73. The van der Waals surface area contributed by atoms with Crippen LogP contribution >= 0.6 is 0 Å². The van der Waals surface area contributed by atoms with Crippen molar-refractivity contribution >= 4 is 23.6 Å². The Bertz CT molecular complexity index is 911. The molecule has 1 aromatic heterocycles. The molecule has 0 saturated carbocycles. The zero-order chi connectivity index (χ0) is 19.1. The van der Waals surface area contributed by atoms with E-state index in [-0.39, 0.29) is 11.3 Å². The molecule has 8 nitrogen and oxygen atoms in total. The molecule has 0 aliphatic carbocycles. The molecule has 0 radical (unpaired) electrons. The summed E-state index contributed by atoms with van der Waals surface area (Å²) in [6.45, 7) is 2.94. The van der Waals surface area contributed by atoms with Crippen molar-refractivity contribution in [3.05, 3.63) is 75.8 Å². The molecular weight excluding hydrogens is 346 g/mol. The number of morpholine rings is 1. The Labute approximate surface area is 155 Å².